The van der Waals surface area contributed by atoms with Crippen molar-refractivity contribution in [3.63, 3.8) is 0 Å². The van der Waals surface area contributed by atoms with Gasteiger partial charge in [-0.15, -0.1) is 0 Å². The van der Waals surface area contributed by atoms with Gasteiger partial charge in [0.2, 0.25) is 0 Å². The van der Waals surface area contributed by atoms with E-state index in [1.54, 1.807) is 12.5 Å². The number of anilines is 1. The van der Waals surface area contributed by atoms with Crippen molar-refractivity contribution >= 4 is 41.9 Å². The Morgan fingerprint density at radius 3 is 1.84 bits per heavy atom. The van der Waals surface area contributed by atoms with Crippen LogP contribution >= 0.6 is 0 Å². The second-order valence-electron chi connectivity index (χ2n) is 21.5. The predicted molar refractivity (Wildman–Crippen MR) is 236 cm³/mol. The van der Waals surface area contributed by atoms with Gasteiger partial charge in [-0.3, -0.25) is 9.25 Å². The summed E-state index contributed by atoms with van der Waals surface area (Å²) in [7, 11) is -6.83. The Hall–Kier alpha value is -2.73. The molecule has 0 spiro atoms. The molecule has 14 heteroatoms. The SMILES string of the molecule is CC(C)(C)c1ccc(Cn2cc(-c3nc(N)c4ncn([C@@H]5O[C@H](CO[Si](C)(C)C(C)(C)C)[C@@H](O[Si](C)(C)C(C)(C)C)[C@@H]5O[Si](C)(C)C(C)(C)C)c4n3)cn2)cc1. The van der Waals surface area contributed by atoms with Crippen molar-refractivity contribution in [2.45, 2.75) is 174 Å². The Morgan fingerprint density at radius 1 is 0.750 bits per heavy atom. The quantitative estimate of drug-likeness (QED) is 0.147. The van der Waals surface area contributed by atoms with Crippen molar-refractivity contribution in [3.05, 3.63) is 54.1 Å². The van der Waals surface area contributed by atoms with Gasteiger partial charge >= 0.3 is 0 Å². The van der Waals surface area contributed by atoms with Gasteiger partial charge in [-0.05, 0) is 70.9 Å². The average Bonchev–Trinajstić information content (AvgIpc) is 3.76. The lowest BCUT2D eigenvalue weighted by atomic mass is 9.87. The Kier molecular flexibility index (Phi) is 12.0. The lowest BCUT2D eigenvalue weighted by Crippen LogP contribution is -2.54. The van der Waals surface area contributed by atoms with Gasteiger partial charge in [0.1, 0.15) is 23.8 Å². The highest BCUT2D eigenvalue weighted by Gasteiger charge is 2.55. The van der Waals surface area contributed by atoms with Crippen molar-refractivity contribution in [1.29, 1.82) is 0 Å². The Morgan fingerprint density at radius 2 is 1.30 bits per heavy atom. The van der Waals surface area contributed by atoms with Crippen molar-refractivity contribution in [3.8, 4) is 11.4 Å². The van der Waals surface area contributed by atoms with E-state index in [1.165, 1.54) is 5.56 Å². The number of nitrogens with zero attached hydrogens (tertiary/aromatic N) is 6. The second kappa shape index (κ2) is 15.1. The van der Waals surface area contributed by atoms with E-state index in [1.807, 2.05) is 15.4 Å². The monoisotopic (exact) mass is 821 g/mol. The van der Waals surface area contributed by atoms with Gasteiger partial charge in [0.05, 0.1) is 31.2 Å². The summed E-state index contributed by atoms with van der Waals surface area (Å²) >= 11 is 0. The maximum Gasteiger partial charge on any atom is 0.192 e. The molecule has 4 aromatic rings. The second-order valence-corrected chi connectivity index (χ2v) is 35.8. The fraction of sp³-hybridized carbons (Fsp3) is 0.667. The first-order valence-electron chi connectivity index (χ1n) is 20.2. The van der Waals surface area contributed by atoms with Crippen LogP contribution in [0.5, 0.6) is 0 Å². The Bertz CT molecular complexity index is 1980. The molecule has 11 nitrogen and oxygen atoms in total. The van der Waals surface area contributed by atoms with Crippen molar-refractivity contribution in [1.82, 2.24) is 29.3 Å². The molecule has 5 rings (SSSR count). The molecule has 0 unspecified atom stereocenters. The maximum atomic E-state index is 7.41. The van der Waals surface area contributed by atoms with E-state index >= 15 is 0 Å². The molecule has 1 saturated heterocycles. The van der Waals surface area contributed by atoms with Crippen LogP contribution in [0.15, 0.2) is 43.0 Å². The molecule has 0 amide bonds. The minimum atomic E-state index is -2.37. The number of imidazole rings is 1. The fourth-order valence-electron chi connectivity index (χ4n) is 5.99. The topological polar surface area (TPSA) is 124 Å². The first-order chi connectivity index (χ1) is 25.4. The number of nitrogens with two attached hydrogens (primary N) is 1. The van der Waals surface area contributed by atoms with E-state index in [2.05, 4.69) is 152 Å². The van der Waals surface area contributed by atoms with Crippen LogP contribution in [-0.2, 0) is 30.0 Å². The van der Waals surface area contributed by atoms with E-state index in [9.17, 15) is 0 Å². The number of nitrogen functional groups attached to an aromatic ring is 1. The number of ether oxygens (including phenoxy) is 1. The van der Waals surface area contributed by atoms with Crippen molar-refractivity contribution < 1.29 is 18.0 Å². The summed E-state index contributed by atoms with van der Waals surface area (Å²) in [6, 6.07) is 8.71. The zero-order valence-corrected chi connectivity index (χ0v) is 40.7. The van der Waals surface area contributed by atoms with Gasteiger partial charge in [0.15, 0.2) is 48.5 Å². The van der Waals surface area contributed by atoms with Crippen LogP contribution in [0.25, 0.3) is 22.6 Å². The van der Waals surface area contributed by atoms with Crippen LogP contribution in [0.1, 0.15) is 100 Å². The van der Waals surface area contributed by atoms with Crippen LogP contribution in [0.2, 0.25) is 54.4 Å². The Labute approximate surface area is 339 Å². The lowest BCUT2D eigenvalue weighted by molar-refractivity contribution is -0.0470. The highest BCUT2D eigenvalue weighted by molar-refractivity contribution is 6.75. The van der Waals surface area contributed by atoms with Crippen LogP contribution in [-0.4, -0.2) is 79.2 Å². The first-order valence-corrected chi connectivity index (χ1v) is 28.9. The summed E-state index contributed by atoms with van der Waals surface area (Å²) in [4.78, 5) is 14.6. The molecule has 4 atom stereocenters. The molecular formula is C42H71N7O4Si3. The summed E-state index contributed by atoms with van der Waals surface area (Å²) in [5.74, 6) is 0.763. The summed E-state index contributed by atoms with van der Waals surface area (Å²) in [6.45, 7) is 41.8. The van der Waals surface area contributed by atoms with Gasteiger partial charge in [-0.1, -0.05) is 107 Å². The molecule has 1 aromatic carbocycles. The minimum Gasteiger partial charge on any atom is -0.414 e. The van der Waals surface area contributed by atoms with Gasteiger partial charge in [0.25, 0.3) is 0 Å². The number of rotatable bonds is 11. The van der Waals surface area contributed by atoms with E-state index < -0.39 is 37.3 Å². The lowest BCUT2D eigenvalue weighted by Gasteiger charge is -2.44. The molecule has 1 aliphatic rings. The summed E-state index contributed by atoms with van der Waals surface area (Å²) < 4.78 is 32.7. The van der Waals surface area contributed by atoms with E-state index in [-0.39, 0.29) is 32.7 Å². The summed E-state index contributed by atoms with van der Waals surface area (Å²) in [5.41, 5.74) is 11.0. The molecule has 1 fully saturated rings. The highest BCUT2D eigenvalue weighted by atomic mass is 28.4. The molecule has 0 bridgehead atoms. The number of benzene rings is 1. The third kappa shape index (κ3) is 9.26. The van der Waals surface area contributed by atoms with Gasteiger partial charge < -0.3 is 23.7 Å². The predicted octanol–water partition coefficient (Wildman–Crippen LogP) is 10.3. The smallest absolute Gasteiger partial charge is 0.192 e. The third-order valence-electron chi connectivity index (χ3n) is 13.0. The number of hydrogen-bond acceptors (Lipinski definition) is 9. The standard InChI is InChI=1S/C42H71N7O4Si3/c1-39(2,3)30-21-19-28(20-22-30)24-48-25-29(23-45-48)36-46-35(43)32-37(47-36)49(27-44-32)38-34(53-56(17,18)42(10,11)12)33(52-55(15,16)41(7,8)9)31(51-38)26-50-54(13,14)40(4,5)6/h19-23,25,27,31,33-34,38H,24,26H2,1-18H3,(H2,43,46,47)/t31-,33-,34+,38-/m1/s1. The molecule has 3 aromatic heterocycles. The summed E-state index contributed by atoms with van der Waals surface area (Å²) in [6.07, 6.45) is 3.69. The average molecular weight is 822 g/mol. The van der Waals surface area contributed by atoms with Gasteiger partial charge in [-0.2, -0.15) is 5.10 Å². The molecule has 0 radical (unpaired) electrons. The molecule has 56 heavy (non-hydrogen) atoms. The zero-order valence-electron chi connectivity index (χ0n) is 37.7. The number of fused-ring (bicyclic) bond motifs is 1. The van der Waals surface area contributed by atoms with Gasteiger partial charge in [-0.25, -0.2) is 15.0 Å². The summed E-state index contributed by atoms with van der Waals surface area (Å²) in [5, 5.41) is 4.62. The first kappa shape index (κ1) is 44.4. The largest absolute Gasteiger partial charge is 0.414 e. The number of aromatic nitrogens is 6. The molecule has 4 heterocycles. The van der Waals surface area contributed by atoms with E-state index in [4.69, 9.17) is 38.7 Å². The minimum absolute atomic E-state index is 0.0317. The maximum absolute atomic E-state index is 7.41. The van der Waals surface area contributed by atoms with Crippen molar-refractivity contribution in [2.24, 2.45) is 0 Å². The molecule has 1 aliphatic heterocycles. The normalized spacial score (nSPS) is 20.7. The third-order valence-corrected chi connectivity index (χ3v) is 26.4. The number of hydrogen-bond donors (Lipinski definition) is 1. The van der Waals surface area contributed by atoms with E-state index in [0.717, 1.165) is 11.1 Å². The van der Waals surface area contributed by atoms with Crippen molar-refractivity contribution in [2.75, 3.05) is 12.3 Å². The zero-order chi connectivity index (χ0) is 42.0. The fourth-order valence-corrected chi connectivity index (χ4v) is 9.61. The van der Waals surface area contributed by atoms with E-state index in [0.29, 0.717) is 36.0 Å². The molecule has 2 N–H and O–H groups in total. The van der Waals surface area contributed by atoms with Crippen LogP contribution in [0.4, 0.5) is 5.82 Å². The molecule has 310 valence electrons. The van der Waals surface area contributed by atoms with Crippen LogP contribution in [0, 0.1) is 0 Å². The van der Waals surface area contributed by atoms with Crippen LogP contribution in [0.3, 0.4) is 0 Å². The Balaban J connectivity index is 1.57. The highest BCUT2D eigenvalue weighted by Crippen LogP contribution is 2.47. The molecular weight excluding hydrogens is 751 g/mol. The van der Waals surface area contributed by atoms with Crippen LogP contribution < -0.4 is 5.73 Å². The molecule has 0 aliphatic carbocycles. The van der Waals surface area contributed by atoms with Gasteiger partial charge in [0, 0.05) is 6.20 Å². The molecule has 0 saturated carbocycles.